The Morgan fingerprint density at radius 2 is 1.11 bits per heavy atom. The molecule has 4 N–H and O–H groups in total. The Morgan fingerprint density at radius 1 is 0.639 bits per heavy atom. The Hall–Kier alpha value is -3.22. The van der Waals surface area contributed by atoms with Gasteiger partial charge in [-0.25, -0.2) is 9.97 Å². The van der Waals surface area contributed by atoms with E-state index in [0.717, 1.165) is 47.0 Å². The molecule has 0 spiro atoms. The smallest absolute Gasteiger partial charge is 0.123 e. The van der Waals surface area contributed by atoms with E-state index in [9.17, 15) is 0 Å². The van der Waals surface area contributed by atoms with E-state index in [2.05, 4.69) is 70.8 Å². The molecule has 2 aromatic heterocycles. The molecule has 4 aromatic rings. The van der Waals surface area contributed by atoms with Crippen molar-refractivity contribution in [2.45, 2.75) is 63.7 Å². The van der Waals surface area contributed by atoms with Crippen molar-refractivity contribution in [1.82, 2.24) is 30.6 Å². The molecule has 6 heteroatoms. The molecule has 4 heterocycles. The van der Waals surface area contributed by atoms with Gasteiger partial charge in [0, 0.05) is 12.1 Å². The monoisotopic (exact) mass is 476 g/mol. The molecule has 8 rings (SSSR count). The summed E-state index contributed by atoms with van der Waals surface area (Å²) in [5.74, 6) is 3.88. The van der Waals surface area contributed by atoms with Crippen LogP contribution in [0.1, 0.15) is 60.5 Å². The van der Waals surface area contributed by atoms with Crippen molar-refractivity contribution >= 4 is 0 Å². The largest absolute Gasteiger partial charge is 0.341 e. The quantitative estimate of drug-likeness (QED) is 0.302. The second-order valence-electron chi connectivity index (χ2n) is 11.5. The maximum Gasteiger partial charge on any atom is 0.123 e. The SMILES string of the molecule is Cc1cc(-c2cnc([C@@H]3C[C@H]4C[C@H]4N3)[nH]2)ccc1-c1ccc(-c2cnc([C@@H]3C[C@H]4C[C@H]4N3)[nH]2)cc1C. The highest BCUT2D eigenvalue weighted by atomic mass is 15.1. The molecule has 0 radical (unpaired) electrons. The average Bonchev–Trinajstić information content (AvgIpc) is 3.46. The first-order valence-electron chi connectivity index (χ1n) is 13.4. The molecule has 0 unspecified atom stereocenters. The number of aromatic nitrogens is 4. The molecule has 0 bridgehead atoms. The van der Waals surface area contributed by atoms with E-state index >= 15 is 0 Å². The third-order valence-corrected chi connectivity index (χ3v) is 8.97. The van der Waals surface area contributed by atoms with Crippen molar-refractivity contribution in [3.8, 4) is 33.6 Å². The van der Waals surface area contributed by atoms with Crippen LogP contribution in [0.2, 0.25) is 0 Å². The normalized spacial score (nSPS) is 29.8. The summed E-state index contributed by atoms with van der Waals surface area (Å²) in [6, 6.07) is 15.7. The van der Waals surface area contributed by atoms with Crippen molar-refractivity contribution < 1.29 is 0 Å². The molecule has 0 amide bonds. The van der Waals surface area contributed by atoms with Gasteiger partial charge >= 0.3 is 0 Å². The summed E-state index contributed by atoms with van der Waals surface area (Å²) in [6.45, 7) is 4.41. The topological polar surface area (TPSA) is 81.4 Å². The van der Waals surface area contributed by atoms with Crippen LogP contribution in [0.5, 0.6) is 0 Å². The fourth-order valence-electron chi connectivity index (χ4n) is 6.65. The minimum absolute atomic E-state index is 0.384. The first-order valence-corrected chi connectivity index (χ1v) is 13.4. The molecule has 6 atom stereocenters. The van der Waals surface area contributed by atoms with Crippen LogP contribution in [0.4, 0.5) is 0 Å². The van der Waals surface area contributed by atoms with Gasteiger partial charge in [-0.3, -0.25) is 0 Å². The number of hydrogen-bond donors (Lipinski definition) is 4. The standard InChI is InChI=1S/C30H32N6/c1-15-7-17(27-13-31-29(35-27)25-11-19-9-23(19)33-25)3-5-21(15)22-6-4-18(8-16(22)2)28-14-32-30(36-28)26-12-20-10-24(20)34-26/h3-8,13-14,19-20,23-26,33-34H,9-12H2,1-2H3,(H,31,35)(H,32,36)/t19-,20-,23-,24-,25+,26+/m1/s1. The zero-order chi connectivity index (χ0) is 24.0. The highest BCUT2D eigenvalue weighted by Crippen LogP contribution is 2.46. The van der Waals surface area contributed by atoms with E-state index < -0.39 is 0 Å². The maximum absolute atomic E-state index is 4.69. The van der Waals surface area contributed by atoms with Crippen molar-refractivity contribution in [1.29, 1.82) is 0 Å². The number of aryl methyl sites for hydroxylation is 2. The van der Waals surface area contributed by atoms with E-state index in [4.69, 9.17) is 9.97 Å². The van der Waals surface area contributed by atoms with Crippen LogP contribution in [0.15, 0.2) is 48.8 Å². The molecule has 2 aliphatic carbocycles. The van der Waals surface area contributed by atoms with Gasteiger partial charge in [0.05, 0.1) is 35.9 Å². The number of imidazole rings is 2. The van der Waals surface area contributed by atoms with Gasteiger partial charge in [-0.2, -0.15) is 0 Å². The van der Waals surface area contributed by atoms with Crippen molar-refractivity contribution in [3.63, 3.8) is 0 Å². The Kier molecular flexibility index (Phi) is 4.44. The lowest BCUT2D eigenvalue weighted by molar-refractivity contribution is 0.543. The zero-order valence-corrected chi connectivity index (χ0v) is 20.8. The minimum Gasteiger partial charge on any atom is -0.341 e. The van der Waals surface area contributed by atoms with Gasteiger partial charge in [0.25, 0.3) is 0 Å². The van der Waals surface area contributed by atoms with Gasteiger partial charge in [0.2, 0.25) is 0 Å². The summed E-state index contributed by atoms with van der Waals surface area (Å²) in [7, 11) is 0. The Morgan fingerprint density at radius 3 is 1.50 bits per heavy atom. The molecule has 36 heavy (non-hydrogen) atoms. The number of fused-ring (bicyclic) bond motifs is 2. The van der Waals surface area contributed by atoms with Gasteiger partial charge in [0.1, 0.15) is 11.6 Å². The van der Waals surface area contributed by atoms with E-state index in [1.807, 2.05) is 12.4 Å². The fraction of sp³-hybridized carbons (Fsp3) is 0.400. The summed E-state index contributed by atoms with van der Waals surface area (Å²) >= 11 is 0. The van der Waals surface area contributed by atoms with Crippen molar-refractivity contribution in [3.05, 3.63) is 71.6 Å². The number of H-pyrrole nitrogens is 2. The number of nitrogens with zero attached hydrogens (tertiary/aromatic N) is 2. The summed E-state index contributed by atoms with van der Waals surface area (Å²) in [4.78, 5) is 16.5. The van der Waals surface area contributed by atoms with Crippen molar-refractivity contribution in [2.24, 2.45) is 11.8 Å². The highest BCUT2D eigenvalue weighted by Gasteiger charge is 2.47. The molecule has 2 saturated heterocycles. The van der Waals surface area contributed by atoms with Crippen molar-refractivity contribution in [2.75, 3.05) is 0 Å². The molecule has 4 fully saturated rings. The number of rotatable bonds is 5. The highest BCUT2D eigenvalue weighted by molar-refractivity contribution is 5.76. The van der Waals surface area contributed by atoms with Crippen LogP contribution >= 0.6 is 0 Å². The number of benzene rings is 2. The van der Waals surface area contributed by atoms with E-state index in [1.54, 1.807) is 0 Å². The molecule has 6 nitrogen and oxygen atoms in total. The summed E-state index contributed by atoms with van der Waals surface area (Å²) in [5.41, 5.74) is 9.67. The predicted octanol–water partition coefficient (Wildman–Crippen LogP) is 5.60. The number of piperidine rings is 2. The Labute approximate surface area is 211 Å². The molecule has 2 aromatic carbocycles. The van der Waals surface area contributed by atoms with E-state index in [-0.39, 0.29) is 0 Å². The van der Waals surface area contributed by atoms with Gasteiger partial charge < -0.3 is 20.6 Å². The zero-order valence-electron chi connectivity index (χ0n) is 20.8. The minimum atomic E-state index is 0.384. The van der Waals surface area contributed by atoms with Crippen LogP contribution in [0.3, 0.4) is 0 Å². The second kappa shape index (κ2) is 7.64. The Balaban J connectivity index is 1.03. The predicted molar refractivity (Wildman–Crippen MR) is 141 cm³/mol. The van der Waals surface area contributed by atoms with Crippen LogP contribution in [0, 0.1) is 25.7 Å². The van der Waals surface area contributed by atoms with Crippen LogP contribution in [-0.2, 0) is 0 Å². The summed E-state index contributed by atoms with van der Waals surface area (Å²) in [6.07, 6.45) is 9.07. The first-order chi connectivity index (χ1) is 17.6. The molecule has 4 aliphatic rings. The average molecular weight is 477 g/mol. The maximum atomic E-state index is 4.69. The van der Waals surface area contributed by atoms with Crippen LogP contribution in [0.25, 0.3) is 33.6 Å². The molecular formula is C30H32N6. The van der Waals surface area contributed by atoms with Gasteiger partial charge in [-0.15, -0.1) is 0 Å². The number of nitrogens with one attached hydrogen (secondary N) is 4. The van der Waals surface area contributed by atoms with E-state index in [0.29, 0.717) is 12.1 Å². The van der Waals surface area contributed by atoms with Gasteiger partial charge in [0.15, 0.2) is 0 Å². The Bertz CT molecular complexity index is 1350. The second-order valence-corrected chi connectivity index (χ2v) is 11.5. The molecule has 2 saturated carbocycles. The van der Waals surface area contributed by atoms with Crippen LogP contribution < -0.4 is 10.6 Å². The first kappa shape index (κ1) is 20.9. The lowest BCUT2D eigenvalue weighted by atomic mass is 9.93. The van der Waals surface area contributed by atoms with E-state index in [1.165, 1.54) is 59.1 Å². The lowest BCUT2D eigenvalue weighted by Crippen LogP contribution is -2.18. The van der Waals surface area contributed by atoms with Gasteiger partial charge in [-0.05, 0) is 96.9 Å². The molecular weight excluding hydrogens is 444 g/mol. The lowest BCUT2D eigenvalue weighted by Gasteiger charge is -2.13. The molecule has 2 aliphatic heterocycles. The number of aromatic amines is 2. The summed E-state index contributed by atoms with van der Waals surface area (Å²) in [5, 5.41) is 7.38. The number of hydrogen-bond acceptors (Lipinski definition) is 4. The third-order valence-electron chi connectivity index (χ3n) is 8.97. The fourth-order valence-corrected chi connectivity index (χ4v) is 6.65. The summed E-state index contributed by atoms with van der Waals surface area (Å²) < 4.78 is 0. The van der Waals surface area contributed by atoms with Crippen LogP contribution in [-0.4, -0.2) is 32.0 Å². The van der Waals surface area contributed by atoms with Gasteiger partial charge in [-0.1, -0.05) is 24.3 Å². The molecule has 182 valence electrons. The third kappa shape index (κ3) is 3.46.